The Hall–Kier alpha value is -0.930. The first-order valence-corrected chi connectivity index (χ1v) is 6.13. The van der Waals surface area contributed by atoms with Gasteiger partial charge in [0.05, 0.1) is 4.90 Å². The molecule has 0 fully saturated rings. The van der Waals surface area contributed by atoms with Crippen LogP contribution in [0.4, 0.5) is 0 Å². The average Bonchev–Trinajstić information content (AvgIpc) is 2.24. The van der Waals surface area contributed by atoms with Gasteiger partial charge in [-0.15, -0.1) is 0 Å². The molecular formula is C10H9NaO7S. The predicted molar refractivity (Wildman–Crippen MR) is 56.9 cm³/mol. The van der Waals surface area contributed by atoms with E-state index in [2.05, 4.69) is 0 Å². The van der Waals surface area contributed by atoms with Crippen molar-refractivity contribution >= 4 is 22.1 Å². The van der Waals surface area contributed by atoms with E-state index >= 15 is 0 Å². The van der Waals surface area contributed by atoms with E-state index in [0.717, 1.165) is 6.07 Å². The summed E-state index contributed by atoms with van der Waals surface area (Å²) in [5.74, 6) is -4.99. The maximum absolute atomic E-state index is 10.9. The van der Waals surface area contributed by atoms with Crippen molar-refractivity contribution in [2.24, 2.45) is 5.92 Å². The molecule has 9 heteroatoms. The summed E-state index contributed by atoms with van der Waals surface area (Å²) in [5.41, 5.74) is -0.123. The van der Waals surface area contributed by atoms with Crippen LogP contribution in [-0.2, 0) is 26.1 Å². The Morgan fingerprint density at radius 3 is 2.05 bits per heavy atom. The van der Waals surface area contributed by atoms with Crippen LogP contribution in [0.1, 0.15) is 5.56 Å². The maximum atomic E-state index is 10.9. The fraction of sp³-hybridized carbons (Fsp3) is 0.200. The molecule has 0 unspecified atom stereocenters. The third-order valence-corrected chi connectivity index (χ3v) is 3.20. The molecule has 0 saturated heterocycles. The van der Waals surface area contributed by atoms with Crippen molar-refractivity contribution in [3.63, 3.8) is 0 Å². The molecule has 0 radical (unpaired) electrons. The molecule has 2 N–H and O–H groups in total. The SMILES string of the molecule is O=C(O)C(Cc1ccccc1S(=O)(=O)[O-])C(=O)O.[Na+]. The zero-order chi connectivity index (χ0) is 13.9. The summed E-state index contributed by atoms with van der Waals surface area (Å²) in [6.07, 6.45) is -0.567. The van der Waals surface area contributed by atoms with Gasteiger partial charge in [-0.25, -0.2) is 8.42 Å². The smallest absolute Gasteiger partial charge is 0.744 e. The molecule has 0 amide bonds. The molecule has 0 heterocycles. The van der Waals surface area contributed by atoms with E-state index in [1.165, 1.54) is 18.2 Å². The van der Waals surface area contributed by atoms with Crippen molar-refractivity contribution in [3.8, 4) is 0 Å². The van der Waals surface area contributed by atoms with E-state index in [0.29, 0.717) is 0 Å². The second-order valence-electron chi connectivity index (χ2n) is 3.50. The van der Waals surface area contributed by atoms with Gasteiger partial charge in [-0.05, 0) is 18.1 Å². The molecule has 0 spiro atoms. The molecule has 0 aromatic heterocycles. The van der Waals surface area contributed by atoms with E-state index < -0.39 is 39.3 Å². The molecule has 98 valence electrons. The van der Waals surface area contributed by atoms with Crippen LogP contribution in [0.25, 0.3) is 0 Å². The Bertz CT molecular complexity index is 567. The van der Waals surface area contributed by atoms with Gasteiger partial charge in [-0.3, -0.25) is 9.59 Å². The summed E-state index contributed by atoms with van der Waals surface area (Å²) in [6.45, 7) is 0. The van der Waals surface area contributed by atoms with Crippen molar-refractivity contribution in [3.05, 3.63) is 29.8 Å². The summed E-state index contributed by atoms with van der Waals surface area (Å²) < 4.78 is 32.8. The number of benzene rings is 1. The Morgan fingerprint density at radius 2 is 1.63 bits per heavy atom. The van der Waals surface area contributed by atoms with E-state index in [1.54, 1.807) is 0 Å². The second-order valence-corrected chi connectivity index (χ2v) is 4.84. The standard InChI is InChI=1S/C10H10O7S.Na/c11-9(12)7(10(13)14)5-6-3-1-2-4-8(6)18(15,16)17;/h1-4,7H,5H2,(H,11,12)(H,13,14)(H,15,16,17);/q;+1/p-1. The fourth-order valence-corrected chi connectivity index (χ4v) is 2.13. The van der Waals surface area contributed by atoms with Gasteiger partial charge in [-0.2, -0.15) is 0 Å². The van der Waals surface area contributed by atoms with E-state index in [-0.39, 0.29) is 35.1 Å². The average molecular weight is 296 g/mol. The Morgan fingerprint density at radius 1 is 1.16 bits per heavy atom. The third kappa shape index (κ3) is 4.92. The molecule has 0 bridgehead atoms. The Kier molecular flexibility index (Phi) is 6.67. The quantitative estimate of drug-likeness (QED) is 0.334. The number of carbonyl (C=O) groups is 2. The Balaban J connectivity index is 0.00000324. The van der Waals surface area contributed by atoms with Crippen molar-refractivity contribution in [1.82, 2.24) is 0 Å². The molecule has 19 heavy (non-hydrogen) atoms. The van der Waals surface area contributed by atoms with E-state index in [9.17, 15) is 22.6 Å². The van der Waals surface area contributed by atoms with Crippen LogP contribution in [0, 0.1) is 5.92 Å². The Labute approximate surface area is 131 Å². The monoisotopic (exact) mass is 296 g/mol. The molecular weight excluding hydrogens is 287 g/mol. The van der Waals surface area contributed by atoms with Crippen molar-refractivity contribution < 1.29 is 62.3 Å². The molecule has 1 aromatic rings. The fourth-order valence-electron chi connectivity index (χ4n) is 1.42. The molecule has 0 atom stereocenters. The molecule has 0 saturated carbocycles. The minimum atomic E-state index is -4.77. The van der Waals surface area contributed by atoms with Crippen LogP contribution < -0.4 is 29.6 Å². The summed E-state index contributed by atoms with van der Waals surface area (Å²) in [7, 11) is -4.77. The van der Waals surface area contributed by atoms with Crippen LogP contribution in [0.3, 0.4) is 0 Å². The van der Waals surface area contributed by atoms with Crippen LogP contribution in [0.5, 0.6) is 0 Å². The van der Waals surface area contributed by atoms with Gasteiger partial charge < -0.3 is 14.8 Å². The van der Waals surface area contributed by atoms with Crippen LogP contribution in [0.2, 0.25) is 0 Å². The van der Waals surface area contributed by atoms with Crippen molar-refractivity contribution in [1.29, 1.82) is 0 Å². The molecule has 1 aromatic carbocycles. The molecule has 7 nitrogen and oxygen atoms in total. The van der Waals surface area contributed by atoms with Crippen LogP contribution in [-0.4, -0.2) is 35.1 Å². The number of hydrogen-bond acceptors (Lipinski definition) is 5. The first-order chi connectivity index (χ1) is 8.23. The number of carboxylic acids is 2. The van der Waals surface area contributed by atoms with Gasteiger partial charge in [-0.1, -0.05) is 18.2 Å². The first kappa shape index (κ1) is 18.1. The number of aliphatic carboxylic acids is 2. The summed E-state index contributed by atoms with van der Waals surface area (Å²) >= 11 is 0. The molecule has 0 aliphatic heterocycles. The zero-order valence-electron chi connectivity index (χ0n) is 9.94. The number of carboxylic acid groups (broad SMARTS) is 2. The van der Waals surface area contributed by atoms with E-state index in [1.807, 2.05) is 0 Å². The normalized spacial score (nSPS) is 10.8. The third-order valence-electron chi connectivity index (χ3n) is 2.26. The van der Waals surface area contributed by atoms with Gasteiger partial charge in [0.1, 0.15) is 10.1 Å². The van der Waals surface area contributed by atoms with Gasteiger partial charge in [0.25, 0.3) is 0 Å². The maximum Gasteiger partial charge on any atom is 1.00 e. The second kappa shape index (κ2) is 7.01. The first-order valence-electron chi connectivity index (χ1n) is 4.73. The molecule has 0 aliphatic rings. The van der Waals surface area contributed by atoms with Gasteiger partial charge in [0.15, 0.2) is 5.92 Å². The van der Waals surface area contributed by atoms with Gasteiger partial charge in [0, 0.05) is 0 Å². The minimum Gasteiger partial charge on any atom is -0.744 e. The van der Waals surface area contributed by atoms with Crippen molar-refractivity contribution in [2.45, 2.75) is 11.3 Å². The van der Waals surface area contributed by atoms with E-state index in [4.69, 9.17) is 10.2 Å². The summed E-state index contributed by atoms with van der Waals surface area (Å²) in [5, 5.41) is 17.4. The zero-order valence-corrected chi connectivity index (χ0v) is 12.8. The molecule has 0 aliphatic carbocycles. The van der Waals surface area contributed by atoms with Gasteiger partial charge in [0.2, 0.25) is 0 Å². The predicted octanol–water partition coefficient (Wildman–Crippen LogP) is -3.08. The van der Waals surface area contributed by atoms with Crippen molar-refractivity contribution in [2.75, 3.05) is 0 Å². The largest absolute Gasteiger partial charge is 1.00 e. The topological polar surface area (TPSA) is 132 Å². The number of hydrogen-bond donors (Lipinski definition) is 2. The molecule has 1 rings (SSSR count). The van der Waals surface area contributed by atoms with Gasteiger partial charge >= 0.3 is 41.5 Å². The minimum absolute atomic E-state index is 0. The summed E-state index contributed by atoms with van der Waals surface area (Å²) in [6, 6.07) is 4.91. The van der Waals surface area contributed by atoms with Crippen LogP contribution in [0.15, 0.2) is 29.2 Å². The summed E-state index contributed by atoms with van der Waals surface area (Å²) in [4.78, 5) is 20.8. The van der Waals surface area contributed by atoms with Crippen LogP contribution >= 0.6 is 0 Å². The number of rotatable bonds is 5.